The number of benzene rings is 1. The first-order valence-corrected chi connectivity index (χ1v) is 7.60. The number of morpholine rings is 1. The molecule has 0 radical (unpaired) electrons. The molecule has 0 saturated carbocycles. The molecule has 118 valence electrons. The molecule has 0 amide bonds. The quantitative estimate of drug-likeness (QED) is 0.692. The Morgan fingerprint density at radius 1 is 1.14 bits per heavy atom. The highest BCUT2D eigenvalue weighted by molar-refractivity contribution is 5.27. The van der Waals surface area contributed by atoms with Gasteiger partial charge in [0.05, 0.1) is 19.8 Å². The molecule has 1 aliphatic heterocycles. The van der Waals surface area contributed by atoms with E-state index in [2.05, 4.69) is 22.3 Å². The van der Waals surface area contributed by atoms with Gasteiger partial charge in [-0.1, -0.05) is 12.1 Å². The van der Waals surface area contributed by atoms with Gasteiger partial charge in [-0.2, -0.15) is 0 Å². The fraction of sp³-hybridized carbons (Fsp3) is 0.625. The molecule has 1 aromatic rings. The van der Waals surface area contributed by atoms with Crippen molar-refractivity contribution in [3.63, 3.8) is 0 Å². The zero-order chi connectivity index (χ0) is 14.8. The van der Waals surface area contributed by atoms with Crippen LogP contribution in [0.4, 0.5) is 0 Å². The van der Waals surface area contributed by atoms with Crippen molar-refractivity contribution >= 4 is 0 Å². The van der Waals surface area contributed by atoms with Crippen LogP contribution in [-0.2, 0) is 16.0 Å². The summed E-state index contributed by atoms with van der Waals surface area (Å²) in [4.78, 5) is 2.43. The van der Waals surface area contributed by atoms with Crippen LogP contribution in [0.2, 0.25) is 0 Å². The summed E-state index contributed by atoms with van der Waals surface area (Å²) in [5, 5.41) is 3.48. The van der Waals surface area contributed by atoms with E-state index in [1.54, 1.807) is 7.11 Å². The maximum absolute atomic E-state index is 5.54. The third-order valence-corrected chi connectivity index (χ3v) is 3.52. The van der Waals surface area contributed by atoms with E-state index >= 15 is 0 Å². The summed E-state index contributed by atoms with van der Waals surface area (Å²) >= 11 is 0. The number of nitrogens with zero attached hydrogens (tertiary/aromatic N) is 1. The normalized spacial score (nSPS) is 16.0. The standard InChI is InChI=1S/C16H26N2O3/c1-19-12-13-21-16-4-2-15(3-5-16)14-17-6-7-18-8-10-20-11-9-18/h2-5,17H,6-14H2,1H3. The van der Waals surface area contributed by atoms with Gasteiger partial charge in [-0.25, -0.2) is 0 Å². The summed E-state index contributed by atoms with van der Waals surface area (Å²) < 4.78 is 15.8. The molecule has 0 spiro atoms. The van der Waals surface area contributed by atoms with Gasteiger partial charge < -0.3 is 19.5 Å². The van der Waals surface area contributed by atoms with Crippen LogP contribution >= 0.6 is 0 Å². The number of ether oxygens (including phenoxy) is 3. The number of methoxy groups -OCH3 is 1. The summed E-state index contributed by atoms with van der Waals surface area (Å²) in [6.07, 6.45) is 0. The van der Waals surface area contributed by atoms with Crippen LogP contribution in [0.3, 0.4) is 0 Å². The highest BCUT2D eigenvalue weighted by atomic mass is 16.5. The second kappa shape index (κ2) is 9.73. The third kappa shape index (κ3) is 6.44. The molecule has 1 aromatic carbocycles. The average Bonchev–Trinajstić information content (AvgIpc) is 2.54. The first kappa shape index (κ1) is 16.2. The smallest absolute Gasteiger partial charge is 0.119 e. The van der Waals surface area contributed by atoms with Gasteiger partial charge in [0.1, 0.15) is 12.4 Å². The lowest BCUT2D eigenvalue weighted by Gasteiger charge is -2.26. The Morgan fingerprint density at radius 3 is 2.62 bits per heavy atom. The molecule has 1 aliphatic rings. The van der Waals surface area contributed by atoms with Crippen LogP contribution < -0.4 is 10.1 Å². The Balaban J connectivity index is 1.59. The van der Waals surface area contributed by atoms with E-state index in [0.717, 1.165) is 51.7 Å². The molecule has 1 N–H and O–H groups in total. The van der Waals surface area contributed by atoms with Crippen molar-refractivity contribution in [1.29, 1.82) is 0 Å². The fourth-order valence-corrected chi connectivity index (χ4v) is 2.24. The molecule has 5 nitrogen and oxygen atoms in total. The Bertz CT molecular complexity index is 378. The lowest BCUT2D eigenvalue weighted by atomic mass is 10.2. The highest BCUT2D eigenvalue weighted by Gasteiger charge is 2.08. The topological polar surface area (TPSA) is 43.0 Å². The minimum atomic E-state index is 0.591. The molecular formula is C16H26N2O3. The minimum Gasteiger partial charge on any atom is -0.491 e. The molecular weight excluding hydrogens is 268 g/mol. The van der Waals surface area contributed by atoms with Gasteiger partial charge in [0.2, 0.25) is 0 Å². The van der Waals surface area contributed by atoms with Crippen molar-refractivity contribution in [2.45, 2.75) is 6.54 Å². The van der Waals surface area contributed by atoms with Crippen molar-refractivity contribution < 1.29 is 14.2 Å². The van der Waals surface area contributed by atoms with Crippen LogP contribution in [-0.4, -0.2) is 64.6 Å². The lowest BCUT2D eigenvalue weighted by Crippen LogP contribution is -2.40. The van der Waals surface area contributed by atoms with E-state index in [1.165, 1.54) is 5.56 Å². The monoisotopic (exact) mass is 294 g/mol. The Labute approximate surface area is 127 Å². The van der Waals surface area contributed by atoms with Crippen molar-refractivity contribution in [2.24, 2.45) is 0 Å². The average molecular weight is 294 g/mol. The molecule has 0 atom stereocenters. The molecule has 0 aliphatic carbocycles. The lowest BCUT2D eigenvalue weighted by molar-refractivity contribution is 0.0384. The Kier molecular flexibility index (Phi) is 7.53. The molecule has 2 rings (SSSR count). The van der Waals surface area contributed by atoms with E-state index < -0.39 is 0 Å². The highest BCUT2D eigenvalue weighted by Crippen LogP contribution is 2.11. The SMILES string of the molecule is COCCOc1ccc(CNCCN2CCOCC2)cc1. The Hall–Kier alpha value is -1.14. The molecule has 5 heteroatoms. The van der Waals surface area contributed by atoms with Crippen LogP contribution in [0.1, 0.15) is 5.56 Å². The molecule has 1 heterocycles. The van der Waals surface area contributed by atoms with Gasteiger partial charge in [-0.15, -0.1) is 0 Å². The van der Waals surface area contributed by atoms with E-state index in [1.807, 2.05) is 12.1 Å². The second-order valence-electron chi connectivity index (χ2n) is 5.12. The summed E-state index contributed by atoms with van der Waals surface area (Å²) in [5.74, 6) is 0.893. The summed E-state index contributed by atoms with van der Waals surface area (Å²) in [5.41, 5.74) is 1.27. The van der Waals surface area contributed by atoms with Crippen molar-refractivity contribution in [3.8, 4) is 5.75 Å². The van der Waals surface area contributed by atoms with Crippen molar-refractivity contribution in [2.75, 3.05) is 59.7 Å². The molecule has 0 bridgehead atoms. The number of hydrogen-bond acceptors (Lipinski definition) is 5. The van der Waals surface area contributed by atoms with Crippen molar-refractivity contribution in [1.82, 2.24) is 10.2 Å². The van der Waals surface area contributed by atoms with E-state index in [0.29, 0.717) is 13.2 Å². The molecule has 1 fully saturated rings. The fourth-order valence-electron chi connectivity index (χ4n) is 2.24. The van der Waals surface area contributed by atoms with Gasteiger partial charge in [-0.3, -0.25) is 4.90 Å². The molecule has 0 aromatic heterocycles. The second-order valence-corrected chi connectivity index (χ2v) is 5.12. The van der Waals surface area contributed by atoms with Crippen LogP contribution in [0.15, 0.2) is 24.3 Å². The van der Waals surface area contributed by atoms with Crippen LogP contribution in [0.5, 0.6) is 5.75 Å². The maximum atomic E-state index is 5.54. The Morgan fingerprint density at radius 2 is 1.90 bits per heavy atom. The van der Waals surface area contributed by atoms with E-state index in [4.69, 9.17) is 14.2 Å². The number of nitrogens with one attached hydrogen (secondary N) is 1. The number of hydrogen-bond donors (Lipinski definition) is 1. The third-order valence-electron chi connectivity index (χ3n) is 3.52. The molecule has 1 saturated heterocycles. The van der Waals surface area contributed by atoms with Gasteiger partial charge in [0.25, 0.3) is 0 Å². The van der Waals surface area contributed by atoms with Crippen LogP contribution in [0, 0.1) is 0 Å². The predicted molar refractivity (Wildman–Crippen MR) is 82.8 cm³/mol. The van der Waals surface area contributed by atoms with Gasteiger partial charge in [0.15, 0.2) is 0 Å². The van der Waals surface area contributed by atoms with E-state index in [9.17, 15) is 0 Å². The maximum Gasteiger partial charge on any atom is 0.119 e. The van der Waals surface area contributed by atoms with E-state index in [-0.39, 0.29) is 0 Å². The van der Waals surface area contributed by atoms with Crippen LogP contribution in [0.25, 0.3) is 0 Å². The first-order valence-electron chi connectivity index (χ1n) is 7.60. The van der Waals surface area contributed by atoms with Gasteiger partial charge >= 0.3 is 0 Å². The summed E-state index contributed by atoms with van der Waals surface area (Å²) in [6, 6.07) is 8.22. The largest absolute Gasteiger partial charge is 0.491 e. The van der Waals surface area contributed by atoms with Gasteiger partial charge in [0, 0.05) is 39.8 Å². The van der Waals surface area contributed by atoms with Crippen molar-refractivity contribution in [3.05, 3.63) is 29.8 Å². The first-order chi connectivity index (χ1) is 10.4. The minimum absolute atomic E-state index is 0.591. The summed E-state index contributed by atoms with van der Waals surface area (Å²) in [6.45, 7) is 8.02. The molecule has 0 unspecified atom stereocenters. The zero-order valence-electron chi connectivity index (χ0n) is 12.8. The zero-order valence-corrected chi connectivity index (χ0v) is 12.8. The predicted octanol–water partition coefficient (Wildman–Crippen LogP) is 1.13. The summed E-state index contributed by atoms with van der Waals surface area (Å²) in [7, 11) is 1.68. The molecule has 21 heavy (non-hydrogen) atoms. The van der Waals surface area contributed by atoms with Gasteiger partial charge in [-0.05, 0) is 17.7 Å². The number of rotatable bonds is 9.